The summed E-state index contributed by atoms with van der Waals surface area (Å²) < 4.78 is 26.0. The monoisotopic (exact) mass is 428 g/mol. The second-order valence-electron chi connectivity index (χ2n) is 6.22. The highest BCUT2D eigenvalue weighted by Gasteiger charge is 2.33. The van der Waals surface area contributed by atoms with Crippen LogP contribution in [-0.2, 0) is 14.8 Å². The third-order valence-electron chi connectivity index (χ3n) is 4.13. The lowest BCUT2D eigenvalue weighted by Gasteiger charge is -2.31. The van der Waals surface area contributed by atoms with Gasteiger partial charge in [0.15, 0.2) is 0 Å². The van der Waals surface area contributed by atoms with Gasteiger partial charge in [-0.15, -0.1) is 0 Å². The van der Waals surface area contributed by atoms with Crippen LogP contribution in [0.5, 0.6) is 0 Å². The van der Waals surface area contributed by atoms with E-state index in [1.807, 2.05) is 37.3 Å². The summed E-state index contributed by atoms with van der Waals surface area (Å²) in [5, 5.41) is 3.41. The molecule has 1 amide bonds. The predicted octanol–water partition coefficient (Wildman–Crippen LogP) is 4.42. The van der Waals surface area contributed by atoms with Crippen LogP contribution in [0.2, 0.25) is 10.0 Å². The number of benzene rings is 2. The quantitative estimate of drug-likeness (QED) is 0.709. The second-order valence-corrected chi connectivity index (χ2v) is 8.92. The van der Waals surface area contributed by atoms with Gasteiger partial charge in [0.1, 0.15) is 6.04 Å². The molecule has 27 heavy (non-hydrogen) atoms. The van der Waals surface area contributed by atoms with Crippen molar-refractivity contribution in [1.82, 2.24) is 5.32 Å². The van der Waals surface area contributed by atoms with Crippen molar-refractivity contribution in [3.05, 3.63) is 64.1 Å². The molecule has 0 radical (unpaired) electrons. The summed E-state index contributed by atoms with van der Waals surface area (Å²) in [6.07, 6.45) is 1.31. The van der Waals surface area contributed by atoms with E-state index in [4.69, 9.17) is 23.2 Å². The number of halogens is 2. The van der Waals surface area contributed by atoms with Gasteiger partial charge in [0.05, 0.1) is 23.0 Å². The van der Waals surface area contributed by atoms with E-state index in [1.165, 1.54) is 12.1 Å². The number of rotatable bonds is 7. The van der Waals surface area contributed by atoms with Crippen LogP contribution in [0.25, 0.3) is 0 Å². The first kappa shape index (κ1) is 21.5. The molecule has 0 heterocycles. The van der Waals surface area contributed by atoms with Gasteiger partial charge in [-0.25, -0.2) is 8.42 Å². The predicted molar refractivity (Wildman–Crippen MR) is 111 cm³/mol. The Morgan fingerprint density at radius 2 is 1.78 bits per heavy atom. The lowest BCUT2D eigenvalue weighted by Crippen LogP contribution is -2.49. The van der Waals surface area contributed by atoms with Gasteiger partial charge >= 0.3 is 0 Å². The Balaban J connectivity index is 2.38. The summed E-state index contributed by atoms with van der Waals surface area (Å²) in [5.41, 5.74) is 1.11. The van der Waals surface area contributed by atoms with Crippen LogP contribution in [0, 0.1) is 0 Å². The lowest BCUT2D eigenvalue weighted by atomic mass is 10.1. The Labute approximate surface area is 170 Å². The van der Waals surface area contributed by atoms with E-state index in [2.05, 4.69) is 5.32 Å². The Morgan fingerprint density at radius 1 is 1.15 bits per heavy atom. The minimum absolute atomic E-state index is 0.182. The van der Waals surface area contributed by atoms with Gasteiger partial charge in [-0.1, -0.05) is 60.5 Å². The largest absolute Gasteiger partial charge is 0.348 e. The summed E-state index contributed by atoms with van der Waals surface area (Å²) in [6, 6.07) is 12.7. The van der Waals surface area contributed by atoms with Gasteiger partial charge in [0, 0.05) is 5.02 Å². The van der Waals surface area contributed by atoms with E-state index in [0.29, 0.717) is 5.02 Å². The first-order valence-corrected chi connectivity index (χ1v) is 11.0. The van der Waals surface area contributed by atoms with Crippen molar-refractivity contribution in [3.8, 4) is 0 Å². The highest BCUT2D eigenvalue weighted by Crippen LogP contribution is 2.33. The van der Waals surface area contributed by atoms with Crippen molar-refractivity contribution < 1.29 is 13.2 Å². The number of hydrogen-bond acceptors (Lipinski definition) is 3. The SMILES string of the molecule is CC[C@@H](C(=O)N[C@H](C)c1ccccc1)N(c1cc(Cl)ccc1Cl)S(C)(=O)=O. The normalized spacial score (nSPS) is 13.7. The van der Waals surface area contributed by atoms with Crippen molar-refractivity contribution in [2.45, 2.75) is 32.4 Å². The van der Waals surface area contributed by atoms with Gasteiger partial charge in [-0.05, 0) is 37.1 Å². The van der Waals surface area contributed by atoms with Gasteiger partial charge < -0.3 is 5.32 Å². The number of hydrogen-bond donors (Lipinski definition) is 1. The van der Waals surface area contributed by atoms with Crippen LogP contribution >= 0.6 is 23.2 Å². The minimum Gasteiger partial charge on any atom is -0.348 e. The molecule has 0 unspecified atom stereocenters. The zero-order valence-electron chi connectivity index (χ0n) is 15.3. The molecule has 0 saturated heterocycles. The Bertz CT molecular complexity index is 904. The van der Waals surface area contributed by atoms with E-state index < -0.39 is 22.0 Å². The first-order valence-electron chi connectivity index (χ1n) is 8.45. The average Bonchev–Trinajstić information content (AvgIpc) is 2.61. The third-order valence-corrected chi connectivity index (χ3v) is 5.85. The number of carbonyl (C=O) groups is 1. The van der Waals surface area contributed by atoms with E-state index in [1.54, 1.807) is 13.0 Å². The molecular formula is C19H22Cl2N2O3S. The molecule has 0 saturated carbocycles. The third kappa shape index (κ3) is 5.37. The van der Waals surface area contributed by atoms with E-state index in [9.17, 15) is 13.2 Å². The molecule has 0 spiro atoms. The van der Waals surface area contributed by atoms with Crippen molar-refractivity contribution in [1.29, 1.82) is 0 Å². The van der Waals surface area contributed by atoms with Crippen LogP contribution in [0.1, 0.15) is 31.9 Å². The molecule has 2 atom stereocenters. The van der Waals surface area contributed by atoms with Crippen molar-refractivity contribution in [2.24, 2.45) is 0 Å². The fourth-order valence-electron chi connectivity index (χ4n) is 2.82. The Kier molecular flexibility index (Phi) is 7.14. The molecule has 0 fully saturated rings. The number of nitrogens with zero attached hydrogens (tertiary/aromatic N) is 1. The fourth-order valence-corrected chi connectivity index (χ4v) is 4.47. The maximum Gasteiger partial charge on any atom is 0.244 e. The van der Waals surface area contributed by atoms with Gasteiger partial charge in [0.25, 0.3) is 0 Å². The maximum absolute atomic E-state index is 12.9. The molecule has 2 aromatic carbocycles. The van der Waals surface area contributed by atoms with Crippen molar-refractivity contribution in [3.63, 3.8) is 0 Å². The summed E-state index contributed by atoms with van der Waals surface area (Å²) in [7, 11) is -3.78. The number of sulfonamides is 1. The smallest absolute Gasteiger partial charge is 0.244 e. The molecule has 1 N–H and O–H groups in total. The molecule has 0 aliphatic heterocycles. The molecule has 146 valence electrons. The standard InChI is InChI=1S/C19H22Cl2N2O3S/c1-4-17(19(24)22-13(2)14-8-6-5-7-9-14)23(27(3,25)26)18-12-15(20)10-11-16(18)21/h5-13,17H,4H2,1-3H3,(H,22,24)/t13-,17+/m1/s1. The van der Waals surface area contributed by atoms with Crippen LogP contribution < -0.4 is 9.62 Å². The van der Waals surface area contributed by atoms with Gasteiger partial charge in [-0.2, -0.15) is 0 Å². The van der Waals surface area contributed by atoms with Crippen LogP contribution in [0.4, 0.5) is 5.69 Å². The van der Waals surface area contributed by atoms with Crippen molar-refractivity contribution in [2.75, 3.05) is 10.6 Å². The van der Waals surface area contributed by atoms with E-state index in [0.717, 1.165) is 16.1 Å². The number of carbonyl (C=O) groups excluding carboxylic acids is 1. The number of anilines is 1. The average molecular weight is 429 g/mol. The molecule has 0 aliphatic carbocycles. The molecule has 0 aromatic heterocycles. The zero-order valence-corrected chi connectivity index (χ0v) is 17.6. The lowest BCUT2D eigenvalue weighted by molar-refractivity contribution is -0.122. The zero-order chi connectivity index (χ0) is 20.2. The molecule has 2 aromatic rings. The van der Waals surface area contributed by atoms with E-state index in [-0.39, 0.29) is 23.2 Å². The molecule has 0 aliphatic rings. The first-order chi connectivity index (χ1) is 12.6. The highest BCUT2D eigenvalue weighted by atomic mass is 35.5. The summed E-state index contributed by atoms with van der Waals surface area (Å²) >= 11 is 12.2. The molecule has 5 nitrogen and oxygen atoms in total. The summed E-state index contributed by atoms with van der Waals surface area (Å²) in [5.74, 6) is -0.407. The van der Waals surface area contributed by atoms with Crippen LogP contribution in [0.3, 0.4) is 0 Å². The van der Waals surface area contributed by atoms with Crippen LogP contribution in [0.15, 0.2) is 48.5 Å². The molecular weight excluding hydrogens is 407 g/mol. The Hall–Kier alpha value is -1.76. The van der Waals surface area contributed by atoms with Crippen molar-refractivity contribution >= 4 is 44.8 Å². The topological polar surface area (TPSA) is 66.5 Å². The maximum atomic E-state index is 12.9. The number of nitrogens with one attached hydrogen (secondary N) is 1. The van der Waals surface area contributed by atoms with Crippen LogP contribution in [-0.4, -0.2) is 26.6 Å². The fraction of sp³-hybridized carbons (Fsp3) is 0.316. The van der Waals surface area contributed by atoms with Gasteiger partial charge in [-0.3, -0.25) is 9.10 Å². The Morgan fingerprint density at radius 3 is 2.33 bits per heavy atom. The van der Waals surface area contributed by atoms with E-state index >= 15 is 0 Å². The molecule has 0 bridgehead atoms. The van der Waals surface area contributed by atoms with Gasteiger partial charge in [0.2, 0.25) is 15.9 Å². The molecule has 2 rings (SSSR count). The number of amides is 1. The molecule has 8 heteroatoms. The minimum atomic E-state index is -3.78. The highest BCUT2D eigenvalue weighted by molar-refractivity contribution is 7.92. The summed E-state index contributed by atoms with van der Waals surface area (Å²) in [6.45, 7) is 3.59. The second kappa shape index (κ2) is 8.95. The summed E-state index contributed by atoms with van der Waals surface area (Å²) in [4.78, 5) is 12.9.